The maximum absolute atomic E-state index is 13.6. The highest BCUT2D eigenvalue weighted by Gasteiger charge is 2.32. The van der Waals surface area contributed by atoms with Crippen LogP contribution in [0.25, 0.3) is 0 Å². The summed E-state index contributed by atoms with van der Waals surface area (Å²) in [5.41, 5.74) is 0.644. The lowest BCUT2D eigenvalue weighted by Crippen LogP contribution is -2.26. The van der Waals surface area contributed by atoms with Crippen LogP contribution in [0.15, 0.2) is 12.1 Å². The van der Waals surface area contributed by atoms with Crippen molar-refractivity contribution < 1.29 is 13.2 Å². The fourth-order valence-electron chi connectivity index (χ4n) is 6.77. The molecule has 0 aliphatic heterocycles. The van der Waals surface area contributed by atoms with Gasteiger partial charge in [-0.3, -0.25) is 0 Å². The second-order valence-electron chi connectivity index (χ2n) is 10.9. The zero-order valence-corrected chi connectivity index (χ0v) is 18.7. The number of benzene rings is 1. The molecule has 0 N–H and O–H groups in total. The van der Waals surface area contributed by atoms with Gasteiger partial charge < -0.3 is 0 Å². The van der Waals surface area contributed by atoms with Crippen LogP contribution in [0.4, 0.5) is 13.2 Å². The molecule has 0 saturated heterocycles. The van der Waals surface area contributed by atoms with E-state index >= 15 is 0 Å². The van der Waals surface area contributed by atoms with Crippen molar-refractivity contribution in [3.05, 3.63) is 35.1 Å². The summed E-state index contributed by atoms with van der Waals surface area (Å²) in [4.78, 5) is 0. The maximum atomic E-state index is 13.6. The van der Waals surface area contributed by atoms with Crippen molar-refractivity contribution in [1.29, 1.82) is 0 Å². The minimum Gasteiger partial charge on any atom is -0.204 e. The second-order valence-corrected chi connectivity index (χ2v) is 10.9. The summed E-state index contributed by atoms with van der Waals surface area (Å²) in [7, 11) is 0. The summed E-state index contributed by atoms with van der Waals surface area (Å²) in [6.45, 7) is 2.40. The van der Waals surface area contributed by atoms with E-state index in [2.05, 4.69) is 6.92 Å². The summed E-state index contributed by atoms with van der Waals surface area (Å²) in [6.07, 6.45) is 18.5. The Balaban J connectivity index is 1.18. The maximum Gasteiger partial charge on any atom is 0.194 e. The minimum absolute atomic E-state index is 0.181. The van der Waals surface area contributed by atoms with E-state index in [1.54, 1.807) is 0 Å². The Kier molecular flexibility index (Phi) is 7.47. The van der Waals surface area contributed by atoms with E-state index in [0.717, 1.165) is 55.3 Å². The van der Waals surface area contributed by atoms with Gasteiger partial charge in [-0.1, -0.05) is 58.3 Å². The normalized spacial score (nSPS) is 35.3. The van der Waals surface area contributed by atoms with Crippen LogP contribution in [0.3, 0.4) is 0 Å². The fourth-order valence-corrected chi connectivity index (χ4v) is 6.77. The highest BCUT2D eigenvalue weighted by molar-refractivity contribution is 5.23. The van der Waals surface area contributed by atoms with Gasteiger partial charge in [-0.05, 0) is 91.7 Å². The van der Waals surface area contributed by atoms with E-state index < -0.39 is 17.5 Å². The van der Waals surface area contributed by atoms with E-state index in [-0.39, 0.29) is 5.92 Å². The average molecular weight is 421 g/mol. The second kappa shape index (κ2) is 10.1. The Morgan fingerprint density at radius 3 is 1.57 bits per heavy atom. The summed E-state index contributed by atoms with van der Waals surface area (Å²) < 4.78 is 40.4. The summed E-state index contributed by atoms with van der Waals surface area (Å²) in [6, 6.07) is 2.42. The molecule has 0 bridgehead atoms. The molecular weight excluding hydrogens is 381 g/mol. The van der Waals surface area contributed by atoms with Gasteiger partial charge in [0.1, 0.15) is 0 Å². The minimum atomic E-state index is -1.35. The Morgan fingerprint density at radius 2 is 1.07 bits per heavy atom. The molecule has 0 radical (unpaired) electrons. The Hall–Kier alpha value is -0.990. The van der Waals surface area contributed by atoms with Crippen LogP contribution in [-0.2, 0) is 0 Å². The van der Waals surface area contributed by atoms with Crippen LogP contribution < -0.4 is 0 Å². The molecular formula is C27H39F3. The molecule has 0 heterocycles. The standard InChI is InChI=1S/C27H39F3/c1-18-2-4-19(5-3-18)6-7-20-8-10-21(11-9-20)22-12-14-23(15-13-22)24-16-25(28)27(30)26(29)17-24/h16-23H,2-15H2,1H3. The molecule has 3 aliphatic rings. The first-order chi connectivity index (χ1) is 14.5. The van der Waals surface area contributed by atoms with Gasteiger partial charge in [0.15, 0.2) is 17.5 Å². The zero-order valence-electron chi connectivity index (χ0n) is 18.7. The largest absolute Gasteiger partial charge is 0.204 e. The molecule has 1 aromatic rings. The predicted molar refractivity (Wildman–Crippen MR) is 117 cm³/mol. The third-order valence-corrected chi connectivity index (χ3v) is 8.93. The summed E-state index contributed by atoms with van der Waals surface area (Å²) in [5, 5.41) is 0. The molecule has 4 rings (SSSR count). The molecule has 3 aliphatic carbocycles. The number of hydrogen-bond acceptors (Lipinski definition) is 0. The summed E-state index contributed by atoms with van der Waals surface area (Å²) in [5.74, 6) is 1.26. The quantitative estimate of drug-likeness (QED) is 0.417. The highest BCUT2D eigenvalue weighted by atomic mass is 19.2. The number of hydrogen-bond donors (Lipinski definition) is 0. The lowest BCUT2D eigenvalue weighted by molar-refractivity contribution is 0.150. The summed E-state index contributed by atoms with van der Waals surface area (Å²) >= 11 is 0. The molecule has 0 nitrogen and oxygen atoms in total. The molecule has 0 spiro atoms. The van der Waals surface area contributed by atoms with Crippen molar-refractivity contribution in [2.75, 3.05) is 0 Å². The first-order valence-electron chi connectivity index (χ1n) is 12.6. The van der Waals surface area contributed by atoms with E-state index in [4.69, 9.17) is 0 Å². The molecule has 30 heavy (non-hydrogen) atoms. The van der Waals surface area contributed by atoms with Crippen LogP contribution in [0.5, 0.6) is 0 Å². The van der Waals surface area contributed by atoms with Gasteiger partial charge in [0.05, 0.1) is 0 Å². The smallest absolute Gasteiger partial charge is 0.194 e. The van der Waals surface area contributed by atoms with Crippen molar-refractivity contribution >= 4 is 0 Å². The van der Waals surface area contributed by atoms with Crippen molar-refractivity contribution in [2.45, 2.75) is 103 Å². The van der Waals surface area contributed by atoms with Crippen LogP contribution in [0.1, 0.15) is 108 Å². The van der Waals surface area contributed by atoms with Crippen LogP contribution in [0, 0.1) is 47.0 Å². The molecule has 168 valence electrons. The van der Waals surface area contributed by atoms with Gasteiger partial charge in [-0.15, -0.1) is 0 Å². The third-order valence-electron chi connectivity index (χ3n) is 8.93. The molecule has 3 saturated carbocycles. The van der Waals surface area contributed by atoms with E-state index in [0.29, 0.717) is 5.56 Å². The molecule has 0 amide bonds. The number of rotatable bonds is 5. The van der Waals surface area contributed by atoms with Crippen molar-refractivity contribution in [1.82, 2.24) is 0 Å². The average Bonchev–Trinajstić information content (AvgIpc) is 2.77. The molecule has 0 unspecified atom stereocenters. The van der Waals surface area contributed by atoms with Crippen molar-refractivity contribution in [3.8, 4) is 0 Å². The Bertz CT molecular complexity index is 652. The van der Waals surface area contributed by atoms with E-state index in [1.807, 2.05) is 0 Å². The van der Waals surface area contributed by atoms with Crippen LogP contribution >= 0.6 is 0 Å². The molecule has 0 aromatic heterocycles. The first kappa shape index (κ1) is 22.2. The van der Waals surface area contributed by atoms with E-state index in [1.165, 1.54) is 76.3 Å². The van der Waals surface area contributed by atoms with Gasteiger partial charge >= 0.3 is 0 Å². The lowest BCUT2D eigenvalue weighted by atomic mass is 9.67. The van der Waals surface area contributed by atoms with Crippen molar-refractivity contribution in [3.63, 3.8) is 0 Å². The van der Waals surface area contributed by atoms with E-state index in [9.17, 15) is 13.2 Å². The molecule has 0 atom stereocenters. The van der Waals surface area contributed by atoms with Crippen LogP contribution in [0.2, 0.25) is 0 Å². The topological polar surface area (TPSA) is 0 Å². The van der Waals surface area contributed by atoms with Gasteiger partial charge in [0.25, 0.3) is 0 Å². The Labute approximate surface area is 181 Å². The van der Waals surface area contributed by atoms with Crippen LogP contribution in [-0.4, -0.2) is 0 Å². The zero-order chi connectivity index (χ0) is 21.1. The lowest BCUT2D eigenvalue weighted by Gasteiger charge is -2.38. The van der Waals surface area contributed by atoms with Gasteiger partial charge in [0.2, 0.25) is 0 Å². The monoisotopic (exact) mass is 420 g/mol. The third kappa shape index (κ3) is 5.43. The van der Waals surface area contributed by atoms with Gasteiger partial charge in [0, 0.05) is 0 Å². The molecule has 3 heteroatoms. The molecule has 3 fully saturated rings. The fraction of sp³-hybridized carbons (Fsp3) is 0.778. The predicted octanol–water partition coefficient (Wildman–Crippen LogP) is 8.79. The molecule has 1 aromatic carbocycles. The van der Waals surface area contributed by atoms with Gasteiger partial charge in [-0.25, -0.2) is 13.2 Å². The Morgan fingerprint density at radius 1 is 0.633 bits per heavy atom. The van der Waals surface area contributed by atoms with Crippen molar-refractivity contribution in [2.24, 2.45) is 29.6 Å². The number of halogens is 3. The highest BCUT2D eigenvalue weighted by Crippen LogP contribution is 2.45. The van der Waals surface area contributed by atoms with Gasteiger partial charge in [-0.2, -0.15) is 0 Å². The SMILES string of the molecule is CC1CCC(CCC2CCC(C3CCC(c4cc(F)c(F)c(F)c4)CC3)CC2)CC1. The first-order valence-corrected chi connectivity index (χ1v) is 12.6.